The molecular formula is C10H9NO2S. The van der Waals surface area contributed by atoms with Crippen molar-refractivity contribution in [1.82, 2.24) is 0 Å². The third-order valence-electron chi connectivity index (χ3n) is 1.64. The molecular weight excluding hydrogens is 198 g/mol. The zero-order valence-electron chi connectivity index (χ0n) is 7.38. The Hall–Kier alpha value is -1.47. The van der Waals surface area contributed by atoms with E-state index in [-0.39, 0.29) is 5.75 Å². The Morgan fingerprint density at radius 2 is 2.14 bits per heavy atom. The minimum atomic E-state index is -0.906. The number of nitrogens with zero attached hydrogens (tertiary/aromatic N) is 1. The molecule has 0 fully saturated rings. The molecule has 3 nitrogen and oxygen atoms in total. The molecule has 1 unspecified atom stereocenters. The van der Waals surface area contributed by atoms with Crippen LogP contribution in [0, 0.1) is 11.3 Å². The van der Waals surface area contributed by atoms with Gasteiger partial charge in [-0.05, 0) is 5.56 Å². The van der Waals surface area contributed by atoms with E-state index in [1.807, 2.05) is 12.1 Å². The van der Waals surface area contributed by atoms with Gasteiger partial charge in [0, 0.05) is 0 Å². The first-order valence-electron chi connectivity index (χ1n) is 4.02. The molecule has 0 aliphatic heterocycles. The summed E-state index contributed by atoms with van der Waals surface area (Å²) in [5, 5.41) is 16.7. The minimum Gasteiger partial charge on any atom is -0.480 e. The van der Waals surface area contributed by atoms with E-state index < -0.39 is 11.2 Å². The topological polar surface area (TPSA) is 61.1 Å². The molecule has 0 saturated carbocycles. The van der Waals surface area contributed by atoms with Gasteiger partial charge in [-0.1, -0.05) is 30.3 Å². The Balaban J connectivity index is 2.79. The molecule has 0 amide bonds. The molecule has 0 spiro atoms. The normalized spacial score (nSPS) is 11.6. The van der Waals surface area contributed by atoms with Gasteiger partial charge in [0.1, 0.15) is 5.25 Å². The van der Waals surface area contributed by atoms with Gasteiger partial charge in [0.05, 0.1) is 11.8 Å². The van der Waals surface area contributed by atoms with Gasteiger partial charge in [0.2, 0.25) is 0 Å². The highest BCUT2D eigenvalue weighted by Gasteiger charge is 2.19. The first-order valence-corrected chi connectivity index (χ1v) is 5.07. The summed E-state index contributed by atoms with van der Waals surface area (Å²) in [5.41, 5.74) is 0.722. The van der Waals surface area contributed by atoms with E-state index in [2.05, 4.69) is 0 Å². The SMILES string of the molecule is N#CCSC(C(=O)O)c1ccccc1. The van der Waals surface area contributed by atoms with E-state index in [0.29, 0.717) is 0 Å². The summed E-state index contributed by atoms with van der Waals surface area (Å²) in [6.45, 7) is 0. The van der Waals surface area contributed by atoms with Gasteiger partial charge in [-0.3, -0.25) is 4.79 Å². The number of thioether (sulfide) groups is 1. The van der Waals surface area contributed by atoms with E-state index in [1.165, 1.54) is 0 Å². The van der Waals surface area contributed by atoms with Crippen LogP contribution >= 0.6 is 11.8 Å². The first kappa shape index (κ1) is 10.6. The van der Waals surface area contributed by atoms with E-state index >= 15 is 0 Å². The average Bonchev–Trinajstić information content (AvgIpc) is 2.19. The molecule has 0 bridgehead atoms. The fourth-order valence-corrected chi connectivity index (χ4v) is 1.79. The number of carbonyl (C=O) groups is 1. The average molecular weight is 207 g/mol. The molecule has 72 valence electrons. The second-order valence-corrected chi connectivity index (χ2v) is 3.69. The molecule has 1 atom stereocenters. The highest BCUT2D eigenvalue weighted by atomic mass is 32.2. The fourth-order valence-electron chi connectivity index (χ4n) is 1.06. The molecule has 0 radical (unpaired) electrons. The second-order valence-electron chi connectivity index (χ2n) is 2.60. The third kappa shape index (κ3) is 2.79. The smallest absolute Gasteiger partial charge is 0.321 e. The van der Waals surface area contributed by atoms with Crippen LogP contribution in [-0.2, 0) is 4.79 Å². The molecule has 1 rings (SSSR count). The van der Waals surface area contributed by atoms with Crippen LogP contribution in [-0.4, -0.2) is 16.8 Å². The fraction of sp³-hybridized carbons (Fsp3) is 0.200. The van der Waals surface area contributed by atoms with E-state index in [1.54, 1.807) is 24.3 Å². The maximum Gasteiger partial charge on any atom is 0.321 e. The summed E-state index contributed by atoms with van der Waals surface area (Å²) >= 11 is 1.12. The molecule has 14 heavy (non-hydrogen) atoms. The van der Waals surface area contributed by atoms with Gasteiger partial charge >= 0.3 is 5.97 Å². The van der Waals surface area contributed by atoms with Crippen LogP contribution in [0.1, 0.15) is 10.8 Å². The summed E-state index contributed by atoms with van der Waals surface area (Å²) in [7, 11) is 0. The molecule has 0 aliphatic carbocycles. The summed E-state index contributed by atoms with van der Waals surface area (Å²) in [6, 6.07) is 10.8. The Morgan fingerprint density at radius 3 is 2.64 bits per heavy atom. The lowest BCUT2D eigenvalue weighted by Crippen LogP contribution is -2.08. The van der Waals surface area contributed by atoms with Crippen molar-refractivity contribution in [2.24, 2.45) is 0 Å². The van der Waals surface area contributed by atoms with Crippen molar-refractivity contribution in [3.05, 3.63) is 35.9 Å². The van der Waals surface area contributed by atoms with Crippen LogP contribution in [0.25, 0.3) is 0 Å². The Bertz CT molecular complexity index is 345. The van der Waals surface area contributed by atoms with Crippen LogP contribution in [0.3, 0.4) is 0 Å². The van der Waals surface area contributed by atoms with Gasteiger partial charge in [0.15, 0.2) is 0 Å². The molecule has 0 saturated heterocycles. The molecule has 0 aliphatic rings. The Morgan fingerprint density at radius 1 is 1.50 bits per heavy atom. The number of carboxylic acid groups (broad SMARTS) is 1. The molecule has 1 aromatic carbocycles. The number of hydrogen-bond donors (Lipinski definition) is 1. The molecule has 4 heteroatoms. The van der Waals surface area contributed by atoms with Crippen LogP contribution in [0.2, 0.25) is 0 Å². The largest absolute Gasteiger partial charge is 0.480 e. The zero-order chi connectivity index (χ0) is 10.4. The zero-order valence-corrected chi connectivity index (χ0v) is 8.20. The third-order valence-corrected chi connectivity index (χ3v) is 2.74. The monoisotopic (exact) mass is 207 g/mol. The van der Waals surface area contributed by atoms with Crippen LogP contribution in [0.5, 0.6) is 0 Å². The summed E-state index contributed by atoms with van der Waals surface area (Å²) < 4.78 is 0. The van der Waals surface area contributed by atoms with Gasteiger partial charge in [-0.25, -0.2) is 0 Å². The number of benzene rings is 1. The predicted octanol–water partition coefficient (Wildman–Crippen LogP) is 2.07. The van der Waals surface area contributed by atoms with Gasteiger partial charge in [0.25, 0.3) is 0 Å². The lowest BCUT2D eigenvalue weighted by molar-refractivity contribution is -0.136. The maximum atomic E-state index is 10.9. The number of aliphatic carboxylic acids is 1. The highest BCUT2D eigenvalue weighted by molar-refractivity contribution is 8.00. The maximum absolute atomic E-state index is 10.9. The van der Waals surface area contributed by atoms with Crippen molar-refractivity contribution in [3.8, 4) is 6.07 Å². The van der Waals surface area contributed by atoms with Gasteiger partial charge < -0.3 is 5.11 Å². The second kappa shape index (κ2) is 5.30. The van der Waals surface area contributed by atoms with Crippen molar-refractivity contribution >= 4 is 17.7 Å². The van der Waals surface area contributed by atoms with Gasteiger partial charge in [-0.15, -0.1) is 11.8 Å². The van der Waals surface area contributed by atoms with Crippen molar-refractivity contribution in [1.29, 1.82) is 5.26 Å². The van der Waals surface area contributed by atoms with Crippen molar-refractivity contribution in [3.63, 3.8) is 0 Å². The lowest BCUT2D eigenvalue weighted by atomic mass is 10.1. The Labute approximate surface area is 86.4 Å². The number of carboxylic acids is 1. The standard InChI is InChI=1S/C10H9NO2S/c11-6-7-14-9(10(12)13)8-4-2-1-3-5-8/h1-5,9H,7H2,(H,12,13). The van der Waals surface area contributed by atoms with Gasteiger partial charge in [-0.2, -0.15) is 5.26 Å². The summed E-state index contributed by atoms with van der Waals surface area (Å²) in [5.74, 6) is -0.720. The molecule has 0 heterocycles. The minimum absolute atomic E-state index is 0.186. The quantitative estimate of drug-likeness (QED) is 0.821. The molecule has 0 aromatic heterocycles. The number of rotatable bonds is 4. The number of hydrogen-bond acceptors (Lipinski definition) is 3. The van der Waals surface area contributed by atoms with Crippen molar-refractivity contribution in [2.45, 2.75) is 5.25 Å². The summed E-state index contributed by atoms with van der Waals surface area (Å²) in [4.78, 5) is 10.9. The number of nitriles is 1. The highest BCUT2D eigenvalue weighted by Crippen LogP contribution is 2.28. The first-order chi connectivity index (χ1) is 6.75. The molecule has 1 N–H and O–H groups in total. The van der Waals surface area contributed by atoms with Crippen molar-refractivity contribution in [2.75, 3.05) is 5.75 Å². The van der Waals surface area contributed by atoms with E-state index in [0.717, 1.165) is 17.3 Å². The van der Waals surface area contributed by atoms with Crippen LogP contribution in [0.4, 0.5) is 0 Å². The summed E-state index contributed by atoms with van der Waals surface area (Å²) in [6.07, 6.45) is 0. The predicted molar refractivity (Wildman–Crippen MR) is 54.9 cm³/mol. The van der Waals surface area contributed by atoms with E-state index in [9.17, 15) is 4.79 Å². The Kier molecular flexibility index (Phi) is 4.02. The van der Waals surface area contributed by atoms with Crippen LogP contribution < -0.4 is 0 Å². The molecule has 1 aromatic rings. The lowest BCUT2D eigenvalue weighted by Gasteiger charge is -2.09. The van der Waals surface area contributed by atoms with Crippen LogP contribution in [0.15, 0.2) is 30.3 Å². The van der Waals surface area contributed by atoms with E-state index in [4.69, 9.17) is 10.4 Å². The van der Waals surface area contributed by atoms with Crippen molar-refractivity contribution < 1.29 is 9.90 Å².